The lowest BCUT2D eigenvalue weighted by atomic mass is 10.0. The SMILES string of the molecule is Cc1c(-c2ccco2)c(=O)oc2cc(N[C@@H](C=O)[C@@H](O)[C@H](O)[C@H](O)CO)ccc12. The number of aryl methyl sites for hydroxylation is 1. The average Bonchev–Trinajstić information content (AvgIpc) is 3.24. The van der Waals surface area contributed by atoms with Crippen LogP contribution >= 0.6 is 0 Å². The lowest BCUT2D eigenvalue weighted by molar-refractivity contribution is -0.117. The second-order valence-corrected chi connectivity index (χ2v) is 6.62. The van der Waals surface area contributed by atoms with Crippen LogP contribution < -0.4 is 10.9 Å². The number of carbonyl (C=O) groups is 1. The molecule has 0 saturated carbocycles. The summed E-state index contributed by atoms with van der Waals surface area (Å²) in [5, 5.41) is 41.6. The Kier molecular flexibility index (Phi) is 6.14. The highest BCUT2D eigenvalue weighted by Crippen LogP contribution is 2.28. The van der Waals surface area contributed by atoms with Crippen LogP contribution in [0, 0.1) is 6.92 Å². The summed E-state index contributed by atoms with van der Waals surface area (Å²) in [6.07, 6.45) is -3.20. The molecule has 29 heavy (non-hydrogen) atoms. The molecule has 0 amide bonds. The summed E-state index contributed by atoms with van der Waals surface area (Å²) in [5.74, 6) is 0.390. The maximum absolute atomic E-state index is 12.4. The smallest absolute Gasteiger partial charge is 0.347 e. The van der Waals surface area contributed by atoms with Crippen LogP contribution in [0.2, 0.25) is 0 Å². The fourth-order valence-corrected chi connectivity index (χ4v) is 3.09. The number of aliphatic hydroxyl groups is 4. The first kappa shape index (κ1) is 20.7. The summed E-state index contributed by atoms with van der Waals surface area (Å²) in [6.45, 7) is 0.983. The average molecular weight is 403 g/mol. The van der Waals surface area contributed by atoms with Crippen molar-refractivity contribution in [2.75, 3.05) is 11.9 Å². The maximum atomic E-state index is 12.4. The second-order valence-electron chi connectivity index (χ2n) is 6.62. The molecular weight excluding hydrogens is 382 g/mol. The lowest BCUT2D eigenvalue weighted by Crippen LogP contribution is -2.49. The quantitative estimate of drug-likeness (QED) is 0.266. The number of nitrogens with one attached hydrogen (secondary N) is 1. The number of hydrogen-bond acceptors (Lipinski definition) is 9. The number of anilines is 1. The van der Waals surface area contributed by atoms with Gasteiger partial charge in [0.2, 0.25) is 0 Å². The number of hydrogen-bond donors (Lipinski definition) is 5. The molecule has 9 heteroatoms. The highest BCUT2D eigenvalue weighted by molar-refractivity contribution is 5.88. The van der Waals surface area contributed by atoms with Gasteiger partial charge < -0.3 is 39.4 Å². The monoisotopic (exact) mass is 403 g/mol. The Morgan fingerprint density at radius 1 is 1.17 bits per heavy atom. The summed E-state index contributed by atoms with van der Waals surface area (Å²) in [5.41, 5.74) is 0.975. The Bertz CT molecular complexity index is 1040. The number of carbonyl (C=O) groups excluding carboxylic acids is 1. The van der Waals surface area contributed by atoms with Gasteiger partial charge in [-0.25, -0.2) is 4.79 Å². The molecule has 2 heterocycles. The number of aliphatic hydroxyl groups excluding tert-OH is 4. The van der Waals surface area contributed by atoms with E-state index in [1.54, 1.807) is 31.2 Å². The van der Waals surface area contributed by atoms with Crippen LogP contribution in [-0.2, 0) is 4.79 Å². The van der Waals surface area contributed by atoms with Crippen molar-refractivity contribution >= 4 is 22.9 Å². The second kappa shape index (κ2) is 8.58. The molecule has 0 spiro atoms. The van der Waals surface area contributed by atoms with Gasteiger partial charge in [0.25, 0.3) is 0 Å². The third-order valence-corrected chi connectivity index (χ3v) is 4.71. The minimum absolute atomic E-state index is 0.253. The summed E-state index contributed by atoms with van der Waals surface area (Å²) in [4.78, 5) is 23.8. The zero-order chi connectivity index (χ0) is 21.1. The van der Waals surface area contributed by atoms with Crippen LogP contribution in [0.15, 0.2) is 50.2 Å². The van der Waals surface area contributed by atoms with E-state index in [2.05, 4.69) is 5.32 Å². The van der Waals surface area contributed by atoms with Crippen LogP contribution in [-0.4, -0.2) is 57.7 Å². The first-order valence-corrected chi connectivity index (χ1v) is 8.85. The fraction of sp³-hybridized carbons (Fsp3) is 0.300. The van der Waals surface area contributed by atoms with Gasteiger partial charge in [0.05, 0.1) is 12.9 Å². The Balaban J connectivity index is 1.93. The van der Waals surface area contributed by atoms with Gasteiger partial charge in [-0.1, -0.05) is 0 Å². The Hall–Kier alpha value is -2.98. The first-order chi connectivity index (χ1) is 13.9. The van der Waals surface area contributed by atoms with E-state index < -0.39 is 36.6 Å². The van der Waals surface area contributed by atoms with Crippen LogP contribution in [0.4, 0.5) is 5.69 Å². The standard InChI is InChI=1S/C20H21NO8/c1-10-12-5-4-11(21-13(8-22)18(25)19(26)14(24)9-23)7-16(12)29-20(27)17(10)15-3-2-6-28-15/h2-8,13-14,18-19,21,23-26H,9H2,1H3/t13-,14+,18+,19+/m0/s1. The molecule has 154 valence electrons. The fourth-order valence-electron chi connectivity index (χ4n) is 3.09. The predicted molar refractivity (Wildman–Crippen MR) is 104 cm³/mol. The van der Waals surface area contributed by atoms with E-state index in [9.17, 15) is 24.9 Å². The van der Waals surface area contributed by atoms with E-state index in [0.717, 1.165) is 0 Å². The lowest BCUT2D eigenvalue weighted by Gasteiger charge is -2.26. The summed E-state index contributed by atoms with van der Waals surface area (Å²) < 4.78 is 10.7. The van der Waals surface area contributed by atoms with E-state index in [4.69, 9.17) is 13.9 Å². The molecule has 0 unspecified atom stereocenters. The van der Waals surface area contributed by atoms with Crippen molar-refractivity contribution in [1.29, 1.82) is 0 Å². The third kappa shape index (κ3) is 4.08. The maximum Gasteiger partial charge on any atom is 0.347 e. The van der Waals surface area contributed by atoms with Crippen LogP contribution in [0.3, 0.4) is 0 Å². The van der Waals surface area contributed by atoms with E-state index in [1.807, 2.05) is 0 Å². The zero-order valence-corrected chi connectivity index (χ0v) is 15.5. The molecule has 0 aliphatic heterocycles. The normalized spacial score (nSPS) is 15.6. The predicted octanol–water partition coefficient (Wildman–Crippen LogP) is 0.416. The van der Waals surface area contributed by atoms with Gasteiger partial charge in [-0.15, -0.1) is 0 Å². The van der Waals surface area contributed by atoms with E-state index in [1.165, 1.54) is 12.3 Å². The Morgan fingerprint density at radius 3 is 2.55 bits per heavy atom. The van der Waals surface area contributed by atoms with Gasteiger partial charge in [0, 0.05) is 17.1 Å². The molecule has 5 N–H and O–H groups in total. The highest BCUT2D eigenvalue weighted by Gasteiger charge is 2.31. The molecule has 3 aromatic rings. The molecule has 2 aromatic heterocycles. The van der Waals surface area contributed by atoms with Gasteiger partial charge in [-0.05, 0) is 36.8 Å². The molecule has 0 saturated heterocycles. The first-order valence-electron chi connectivity index (χ1n) is 8.85. The van der Waals surface area contributed by atoms with Crippen LogP contribution in [0.1, 0.15) is 5.56 Å². The van der Waals surface area contributed by atoms with Gasteiger partial charge >= 0.3 is 5.63 Å². The molecule has 0 radical (unpaired) electrons. The van der Waals surface area contributed by atoms with Crippen molar-refractivity contribution in [3.05, 3.63) is 52.6 Å². The molecule has 9 nitrogen and oxygen atoms in total. The van der Waals surface area contributed by atoms with Crippen molar-refractivity contribution < 1.29 is 34.1 Å². The molecule has 0 fully saturated rings. The molecule has 0 bridgehead atoms. The third-order valence-electron chi connectivity index (χ3n) is 4.71. The van der Waals surface area contributed by atoms with E-state index >= 15 is 0 Å². The van der Waals surface area contributed by atoms with Gasteiger partial charge in [0.1, 0.15) is 47.5 Å². The van der Waals surface area contributed by atoms with Gasteiger partial charge in [0.15, 0.2) is 0 Å². The van der Waals surface area contributed by atoms with Gasteiger partial charge in [-0.3, -0.25) is 0 Å². The van der Waals surface area contributed by atoms with E-state index in [-0.39, 0.29) is 5.58 Å². The Morgan fingerprint density at radius 2 is 1.93 bits per heavy atom. The van der Waals surface area contributed by atoms with Gasteiger partial charge in [-0.2, -0.15) is 0 Å². The number of rotatable bonds is 8. The van der Waals surface area contributed by atoms with Crippen molar-refractivity contribution in [2.24, 2.45) is 0 Å². The van der Waals surface area contributed by atoms with Crippen molar-refractivity contribution in [3.8, 4) is 11.3 Å². The number of furan rings is 1. The summed E-state index contributed by atoms with van der Waals surface area (Å²) in [7, 11) is 0. The van der Waals surface area contributed by atoms with Crippen molar-refractivity contribution in [1.82, 2.24) is 0 Å². The molecule has 4 atom stereocenters. The number of benzene rings is 1. The molecule has 0 aliphatic rings. The number of fused-ring (bicyclic) bond motifs is 1. The summed E-state index contributed by atoms with van der Waals surface area (Å²) >= 11 is 0. The number of aldehydes is 1. The largest absolute Gasteiger partial charge is 0.464 e. The minimum atomic E-state index is -1.74. The Labute approximate surface area is 164 Å². The van der Waals surface area contributed by atoms with Crippen molar-refractivity contribution in [2.45, 2.75) is 31.3 Å². The molecular formula is C20H21NO8. The van der Waals surface area contributed by atoms with E-state index in [0.29, 0.717) is 34.2 Å². The zero-order valence-electron chi connectivity index (χ0n) is 15.5. The molecule has 0 aliphatic carbocycles. The summed E-state index contributed by atoms with van der Waals surface area (Å²) in [6, 6.07) is 6.81. The van der Waals surface area contributed by atoms with Crippen LogP contribution in [0.25, 0.3) is 22.3 Å². The molecule has 1 aromatic carbocycles. The molecule has 3 rings (SSSR count). The van der Waals surface area contributed by atoms with Crippen molar-refractivity contribution in [3.63, 3.8) is 0 Å². The van der Waals surface area contributed by atoms with Crippen LogP contribution in [0.5, 0.6) is 0 Å². The topological polar surface area (TPSA) is 153 Å². The highest BCUT2D eigenvalue weighted by atomic mass is 16.4. The minimum Gasteiger partial charge on any atom is -0.464 e.